The second-order valence-electron chi connectivity index (χ2n) is 3.76. The zero-order valence-electron chi connectivity index (χ0n) is 8.09. The van der Waals surface area contributed by atoms with Crippen molar-refractivity contribution in [3.63, 3.8) is 0 Å². The fourth-order valence-corrected chi connectivity index (χ4v) is 2.11. The molecular formula is C13H10O2. The van der Waals surface area contributed by atoms with Gasteiger partial charge in [-0.3, -0.25) is 0 Å². The lowest BCUT2D eigenvalue weighted by molar-refractivity contribution is 0.0335. The molecule has 1 aromatic rings. The predicted octanol–water partition coefficient (Wildman–Crippen LogP) is 2.64. The summed E-state index contributed by atoms with van der Waals surface area (Å²) in [7, 11) is 0. The molecule has 0 fully saturated rings. The smallest absolute Gasteiger partial charge is 0.339 e. The summed E-state index contributed by atoms with van der Waals surface area (Å²) < 4.78 is 5.37. The zero-order chi connectivity index (χ0) is 10.3. The molecule has 0 amide bonds. The van der Waals surface area contributed by atoms with Crippen LogP contribution in [-0.4, -0.2) is 5.97 Å². The molecule has 2 aliphatic rings. The van der Waals surface area contributed by atoms with Crippen molar-refractivity contribution >= 4 is 5.97 Å². The van der Waals surface area contributed by atoms with Gasteiger partial charge in [-0.15, -0.1) is 0 Å². The molecule has 3 rings (SSSR count). The van der Waals surface area contributed by atoms with Crippen LogP contribution in [0.25, 0.3) is 0 Å². The van der Waals surface area contributed by atoms with E-state index in [9.17, 15) is 4.79 Å². The van der Waals surface area contributed by atoms with Crippen LogP contribution in [0, 0.1) is 5.92 Å². The molecule has 0 saturated carbocycles. The third-order valence-electron chi connectivity index (χ3n) is 2.85. The Balaban J connectivity index is 2.04. The van der Waals surface area contributed by atoms with Crippen LogP contribution < -0.4 is 0 Å². The first-order valence-electron chi connectivity index (χ1n) is 5.01. The lowest BCUT2D eigenvalue weighted by atomic mass is 9.96. The predicted molar refractivity (Wildman–Crippen MR) is 56.4 cm³/mol. The topological polar surface area (TPSA) is 26.3 Å². The van der Waals surface area contributed by atoms with Crippen LogP contribution >= 0.6 is 0 Å². The molecule has 0 bridgehead atoms. The van der Waals surface area contributed by atoms with Gasteiger partial charge in [-0.1, -0.05) is 42.5 Å². The largest absolute Gasteiger partial charge is 0.453 e. The molecule has 1 aliphatic heterocycles. The molecule has 0 N–H and O–H groups in total. The van der Waals surface area contributed by atoms with Crippen molar-refractivity contribution < 1.29 is 9.53 Å². The summed E-state index contributed by atoms with van der Waals surface area (Å²) in [5.41, 5.74) is 1.71. The van der Waals surface area contributed by atoms with Crippen molar-refractivity contribution in [3.8, 4) is 0 Å². The number of hydrogen-bond acceptors (Lipinski definition) is 2. The Bertz CT molecular complexity index is 459. The molecule has 2 nitrogen and oxygen atoms in total. The van der Waals surface area contributed by atoms with Gasteiger partial charge in [0.2, 0.25) is 0 Å². The summed E-state index contributed by atoms with van der Waals surface area (Å²) in [6, 6.07) is 7.59. The highest BCUT2D eigenvalue weighted by molar-refractivity contribution is 5.94. The highest BCUT2D eigenvalue weighted by atomic mass is 16.5. The molecule has 1 heterocycles. The van der Waals surface area contributed by atoms with Crippen molar-refractivity contribution in [2.75, 3.05) is 0 Å². The van der Waals surface area contributed by atoms with Crippen LogP contribution in [0.3, 0.4) is 0 Å². The summed E-state index contributed by atoms with van der Waals surface area (Å²) in [4.78, 5) is 11.6. The van der Waals surface area contributed by atoms with E-state index in [1.54, 1.807) is 0 Å². The SMILES string of the molecule is O=C1OC(C2C=CC=C2)c2ccccc21. The van der Waals surface area contributed by atoms with E-state index in [4.69, 9.17) is 4.74 Å². The first-order chi connectivity index (χ1) is 7.36. The number of hydrogen-bond donors (Lipinski definition) is 0. The number of fused-ring (bicyclic) bond motifs is 1. The Hall–Kier alpha value is -1.83. The molecule has 1 atom stereocenters. The molecule has 0 radical (unpaired) electrons. The lowest BCUT2D eigenvalue weighted by Gasteiger charge is -2.14. The van der Waals surface area contributed by atoms with Gasteiger partial charge < -0.3 is 4.74 Å². The van der Waals surface area contributed by atoms with Crippen LogP contribution in [0.5, 0.6) is 0 Å². The van der Waals surface area contributed by atoms with Crippen LogP contribution in [0.1, 0.15) is 22.0 Å². The van der Waals surface area contributed by atoms with E-state index in [1.165, 1.54) is 0 Å². The van der Waals surface area contributed by atoms with Crippen molar-refractivity contribution in [2.24, 2.45) is 5.92 Å². The number of allylic oxidation sites excluding steroid dienone is 2. The number of benzene rings is 1. The van der Waals surface area contributed by atoms with Crippen molar-refractivity contribution in [2.45, 2.75) is 6.10 Å². The molecule has 0 saturated heterocycles. The molecule has 2 heteroatoms. The minimum Gasteiger partial charge on any atom is -0.453 e. The van der Waals surface area contributed by atoms with Gasteiger partial charge in [0, 0.05) is 11.5 Å². The third kappa shape index (κ3) is 1.22. The monoisotopic (exact) mass is 198 g/mol. The molecule has 74 valence electrons. The Labute approximate surface area is 87.9 Å². The molecule has 0 aromatic heterocycles. The van der Waals surface area contributed by atoms with Crippen molar-refractivity contribution in [1.29, 1.82) is 0 Å². The maximum absolute atomic E-state index is 11.6. The van der Waals surface area contributed by atoms with E-state index in [-0.39, 0.29) is 18.0 Å². The van der Waals surface area contributed by atoms with E-state index >= 15 is 0 Å². The lowest BCUT2D eigenvalue weighted by Crippen LogP contribution is -2.07. The van der Waals surface area contributed by atoms with Crippen LogP contribution in [0.2, 0.25) is 0 Å². The summed E-state index contributed by atoms with van der Waals surface area (Å²) in [5.74, 6) is -0.0121. The van der Waals surface area contributed by atoms with Crippen molar-refractivity contribution in [3.05, 3.63) is 59.7 Å². The first kappa shape index (κ1) is 8.48. The van der Waals surface area contributed by atoms with Gasteiger partial charge in [0.05, 0.1) is 5.56 Å². The third-order valence-corrected chi connectivity index (χ3v) is 2.85. The summed E-state index contributed by atoms with van der Waals surface area (Å²) in [5, 5.41) is 0. The van der Waals surface area contributed by atoms with E-state index in [0.29, 0.717) is 5.56 Å². The van der Waals surface area contributed by atoms with Gasteiger partial charge in [-0.2, -0.15) is 0 Å². The average molecular weight is 198 g/mol. The Morgan fingerprint density at radius 3 is 2.60 bits per heavy atom. The summed E-state index contributed by atoms with van der Waals surface area (Å²) in [6.07, 6.45) is 7.95. The number of carbonyl (C=O) groups excluding carboxylic acids is 1. The van der Waals surface area contributed by atoms with E-state index < -0.39 is 0 Å². The van der Waals surface area contributed by atoms with E-state index in [1.807, 2.05) is 36.4 Å². The second kappa shape index (κ2) is 3.09. The normalized spacial score (nSPS) is 23.2. The highest BCUT2D eigenvalue weighted by Crippen LogP contribution is 2.38. The average Bonchev–Trinajstić information content (AvgIpc) is 2.87. The Morgan fingerprint density at radius 1 is 1.07 bits per heavy atom. The number of carbonyl (C=O) groups is 1. The van der Waals surface area contributed by atoms with E-state index in [2.05, 4.69) is 12.2 Å². The fraction of sp³-hybridized carbons (Fsp3) is 0.154. The minimum atomic E-state index is -0.204. The molecular weight excluding hydrogens is 188 g/mol. The van der Waals surface area contributed by atoms with Crippen LogP contribution in [0.15, 0.2) is 48.6 Å². The number of ether oxygens (including phenoxy) is 1. The Morgan fingerprint density at radius 2 is 1.80 bits per heavy atom. The minimum absolute atomic E-state index is 0.135. The van der Waals surface area contributed by atoms with E-state index in [0.717, 1.165) is 5.56 Å². The standard InChI is InChI=1S/C13H10O2/c14-13-11-8-4-3-7-10(11)12(15-13)9-5-1-2-6-9/h1-9,12H. The molecule has 1 unspecified atom stereocenters. The first-order valence-corrected chi connectivity index (χ1v) is 5.01. The summed E-state index contributed by atoms with van der Waals surface area (Å²) in [6.45, 7) is 0. The van der Waals surface area contributed by atoms with Gasteiger partial charge >= 0.3 is 5.97 Å². The number of cyclic esters (lactones) is 1. The Kier molecular flexibility index (Phi) is 1.75. The van der Waals surface area contributed by atoms with Crippen LogP contribution in [-0.2, 0) is 4.74 Å². The fourth-order valence-electron chi connectivity index (χ4n) is 2.11. The summed E-state index contributed by atoms with van der Waals surface area (Å²) >= 11 is 0. The number of rotatable bonds is 1. The molecule has 15 heavy (non-hydrogen) atoms. The maximum atomic E-state index is 11.6. The van der Waals surface area contributed by atoms with Crippen molar-refractivity contribution in [1.82, 2.24) is 0 Å². The second-order valence-corrected chi connectivity index (χ2v) is 3.76. The molecule has 0 spiro atoms. The molecule has 1 aliphatic carbocycles. The highest BCUT2D eigenvalue weighted by Gasteiger charge is 2.34. The maximum Gasteiger partial charge on any atom is 0.339 e. The van der Waals surface area contributed by atoms with Gasteiger partial charge in [-0.05, 0) is 6.07 Å². The number of esters is 1. The van der Waals surface area contributed by atoms with Crippen LogP contribution in [0.4, 0.5) is 0 Å². The molecule has 1 aromatic carbocycles. The quantitative estimate of drug-likeness (QED) is 0.648. The van der Waals surface area contributed by atoms with Gasteiger partial charge in [-0.25, -0.2) is 4.79 Å². The van der Waals surface area contributed by atoms with Gasteiger partial charge in [0.25, 0.3) is 0 Å². The van der Waals surface area contributed by atoms with Gasteiger partial charge in [0.15, 0.2) is 0 Å². The zero-order valence-corrected chi connectivity index (χ0v) is 8.09. The van der Waals surface area contributed by atoms with Gasteiger partial charge in [0.1, 0.15) is 6.10 Å².